The molecule has 6 heteroatoms. The first kappa shape index (κ1) is 16.2. The van der Waals surface area contributed by atoms with Gasteiger partial charge in [0.2, 0.25) is 5.16 Å². The molecule has 0 atom stereocenters. The molecule has 0 aliphatic carbocycles. The molecule has 0 radical (unpaired) electrons. The van der Waals surface area contributed by atoms with Gasteiger partial charge in [0.25, 0.3) is 0 Å². The lowest BCUT2D eigenvalue weighted by Gasteiger charge is -2.18. The minimum absolute atomic E-state index is 0.159. The number of aryl methyl sites for hydroxylation is 1. The summed E-state index contributed by atoms with van der Waals surface area (Å²) < 4.78 is 0. The Morgan fingerprint density at radius 3 is 2.48 bits per heavy atom. The van der Waals surface area contributed by atoms with Gasteiger partial charge in [-0.1, -0.05) is 56.8 Å². The van der Waals surface area contributed by atoms with Gasteiger partial charge in [-0.05, 0) is 17.9 Å². The molecule has 0 aliphatic heterocycles. The number of H-pyrrole nitrogens is 1. The van der Waals surface area contributed by atoms with E-state index in [1.807, 2.05) is 6.92 Å². The summed E-state index contributed by atoms with van der Waals surface area (Å²) in [6, 6.07) is 8.50. The van der Waals surface area contributed by atoms with Crippen LogP contribution in [0.2, 0.25) is 0 Å². The second-order valence-corrected chi connectivity index (χ2v) is 8.45. The van der Waals surface area contributed by atoms with Crippen molar-refractivity contribution in [1.82, 2.24) is 20.2 Å². The van der Waals surface area contributed by atoms with Crippen molar-refractivity contribution in [3.63, 3.8) is 0 Å². The number of benzene rings is 1. The van der Waals surface area contributed by atoms with Gasteiger partial charge in [0, 0.05) is 16.7 Å². The van der Waals surface area contributed by atoms with Gasteiger partial charge in [0.1, 0.15) is 0 Å². The van der Waals surface area contributed by atoms with Gasteiger partial charge in [-0.3, -0.25) is 5.10 Å². The molecule has 120 valence electrons. The molecule has 0 spiro atoms. The molecular weight excluding hydrogens is 324 g/mol. The van der Waals surface area contributed by atoms with Crippen molar-refractivity contribution in [1.29, 1.82) is 0 Å². The third-order valence-electron chi connectivity index (χ3n) is 3.50. The zero-order chi connectivity index (χ0) is 16.4. The molecule has 0 aliphatic rings. The number of aromatic amines is 1. The van der Waals surface area contributed by atoms with Gasteiger partial charge in [-0.15, -0.1) is 16.4 Å². The molecule has 3 rings (SSSR count). The lowest BCUT2D eigenvalue weighted by atomic mass is 9.87. The second-order valence-electron chi connectivity index (χ2n) is 6.44. The highest BCUT2D eigenvalue weighted by molar-refractivity contribution is 7.98. The average molecular weight is 345 g/mol. The Morgan fingerprint density at radius 2 is 1.87 bits per heavy atom. The van der Waals surface area contributed by atoms with E-state index in [0.717, 1.165) is 33.0 Å². The second kappa shape index (κ2) is 6.45. The number of hydrogen-bond acceptors (Lipinski definition) is 5. The lowest BCUT2D eigenvalue weighted by molar-refractivity contribution is 0.590. The smallest absolute Gasteiger partial charge is 0.209 e. The van der Waals surface area contributed by atoms with Gasteiger partial charge >= 0.3 is 0 Å². The molecule has 0 bridgehead atoms. The van der Waals surface area contributed by atoms with Crippen LogP contribution in [0.25, 0.3) is 11.4 Å². The Balaban J connectivity index is 1.69. The van der Waals surface area contributed by atoms with Crippen molar-refractivity contribution in [3.05, 3.63) is 45.9 Å². The topological polar surface area (TPSA) is 54.5 Å². The van der Waals surface area contributed by atoms with Crippen LogP contribution in [0.3, 0.4) is 0 Å². The molecule has 23 heavy (non-hydrogen) atoms. The monoisotopic (exact) mass is 344 g/mol. The first-order valence-electron chi connectivity index (χ1n) is 7.49. The van der Waals surface area contributed by atoms with E-state index in [1.54, 1.807) is 23.1 Å². The summed E-state index contributed by atoms with van der Waals surface area (Å²) in [6.07, 6.45) is 0. The van der Waals surface area contributed by atoms with Gasteiger partial charge in [-0.25, -0.2) is 9.97 Å². The largest absolute Gasteiger partial charge is 0.258 e. The van der Waals surface area contributed by atoms with Crippen LogP contribution in [0.5, 0.6) is 0 Å². The SMILES string of the molecule is Cc1nc(CSc2n[nH]c(-c3ccc(C(C)(C)C)cc3)n2)cs1. The zero-order valence-electron chi connectivity index (χ0n) is 13.8. The molecule has 2 aromatic heterocycles. The fourth-order valence-corrected chi connectivity index (χ4v) is 3.59. The van der Waals surface area contributed by atoms with Crippen LogP contribution in [0.15, 0.2) is 34.8 Å². The number of nitrogens with zero attached hydrogens (tertiary/aromatic N) is 3. The molecule has 3 aromatic rings. The van der Waals surface area contributed by atoms with Crippen LogP contribution in [0.4, 0.5) is 0 Å². The summed E-state index contributed by atoms with van der Waals surface area (Å²) in [5.41, 5.74) is 3.61. The van der Waals surface area contributed by atoms with Crippen LogP contribution in [-0.4, -0.2) is 20.2 Å². The van der Waals surface area contributed by atoms with Crippen molar-refractivity contribution < 1.29 is 0 Å². The molecular formula is C17H20N4S2. The maximum atomic E-state index is 4.57. The number of hydrogen-bond donors (Lipinski definition) is 1. The van der Waals surface area contributed by atoms with Crippen LogP contribution in [0, 0.1) is 6.92 Å². The summed E-state index contributed by atoms with van der Waals surface area (Å²) in [4.78, 5) is 9.02. The van der Waals surface area contributed by atoms with E-state index in [0.29, 0.717) is 0 Å². The van der Waals surface area contributed by atoms with Crippen LogP contribution in [0.1, 0.15) is 37.0 Å². The minimum Gasteiger partial charge on any atom is -0.258 e. The number of thiazole rings is 1. The summed E-state index contributed by atoms with van der Waals surface area (Å²) in [5.74, 6) is 1.60. The number of thioether (sulfide) groups is 1. The third-order valence-corrected chi connectivity index (χ3v) is 5.21. The fourth-order valence-electron chi connectivity index (χ4n) is 2.18. The number of rotatable bonds is 4. The van der Waals surface area contributed by atoms with E-state index >= 15 is 0 Å². The highest BCUT2D eigenvalue weighted by atomic mass is 32.2. The van der Waals surface area contributed by atoms with Gasteiger partial charge in [0.15, 0.2) is 5.82 Å². The Bertz CT molecular complexity index is 782. The van der Waals surface area contributed by atoms with Crippen molar-refractivity contribution in [3.8, 4) is 11.4 Å². The van der Waals surface area contributed by atoms with Crippen molar-refractivity contribution in [2.75, 3.05) is 0 Å². The van der Waals surface area contributed by atoms with Crippen LogP contribution in [-0.2, 0) is 11.2 Å². The Morgan fingerprint density at radius 1 is 1.13 bits per heavy atom. The molecule has 4 nitrogen and oxygen atoms in total. The van der Waals surface area contributed by atoms with E-state index in [-0.39, 0.29) is 5.41 Å². The summed E-state index contributed by atoms with van der Waals surface area (Å²) in [6.45, 7) is 8.66. The quantitative estimate of drug-likeness (QED) is 0.689. The number of nitrogens with one attached hydrogen (secondary N) is 1. The predicted molar refractivity (Wildman–Crippen MR) is 96.9 cm³/mol. The number of aromatic nitrogens is 4. The first-order valence-corrected chi connectivity index (χ1v) is 9.35. The molecule has 0 saturated heterocycles. The highest BCUT2D eigenvalue weighted by Gasteiger charge is 2.14. The molecule has 0 fully saturated rings. The van der Waals surface area contributed by atoms with E-state index in [4.69, 9.17) is 0 Å². The van der Waals surface area contributed by atoms with Crippen LogP contribution >= 0.6 is 23.1 Å². The summed E-state index contributed by atoms with van der Waals surface area (Å²) in [5, 5.41) is 11.2. The molecule has 2 heterocycles. The maximum Gasteiger partial charge on any atom is 0.209 e. The normalized spacial score (nSPS) is 11.8. The van der Waals surface area contributed by atoms with E-state index in [2.05, 4.69) is 70.6 Å². The molecule has 1 N–H and O–H groups in total. The molecule has 0 saturated carbocycles. The van der Waals surface area contributed by atoms with Gasteiger partial charge in [0.05, 0.1) is 10.7 Å². The first-order chi connectivity index (χ1) is 10.9. The van der Waals surface area contributed by atoms with Crippen molar-refractivity contribution in [2.24, 2.45) is 0 Å². The lowest BCUT2D eigenvalue weighted by Crippen LogP contribution is -2.10. The third kappa shape index (κ3) is 4.00. The Hall–Kier alpha value is -1.66. The fraction of sp³-hybridized carbons (Fsp3) is 0.353. The Kier molecular flexibility index (Phi) is 4.55. The molecule has 0 amide bonds. The molecule has 0 unspecified atom stereocenters. The van der Waals surface area contributed by atoms with Crippen molar-refractivity contribution in [2.45, 2.75) is 44.0 Å². The average Bonchev–Trinajstić information content (AvgIpc) is 3.13. The molecule has 1 aromatic carbocycles. The summed E-state index contributed by atoms with van der Waals surface area (Å²) >= 11 is 3.27. The summed E-state index contributed by atoms with van der Waals surface area (Å²) in [7, 11) is 0. The standard InChI is InChI=1S/C17H20N4S2/c1-11-18-14(9-22-11)10-23-16-19-15(20-21-16)12-5-7-13(8-6-12)17(2,3)4/h5-9H,10H2,1-4H3,(H,19,20,21). The van der Waals surface area contributed by atoms with E-state index in [9.17, 15) is 0 Å². The minimum atomic E-state index is 0.159. The highest BCUT2D eigenvalue weighted by Crippen LogP contribution is 2.26. The van der Waals surface area contributed by atoms with Gasteiger partial charge in [-0.2, -0.15) is 0 Å². The van der Waals surface area contributed by atoms with Crippen molar-refractivity contribution >= 4 is 23.1 Å². The maximum absolute atomic E-state index is 4.57. The van der Waals surface area contributed by atoms with E-state index in [1.165, 1.54) is 5.56 Å². The Labute approximate surface area is 144 Å². The van der Waals surface area contributed by atoms with Gasteiger partial charge < -0.3 is 0 Å². The predicted octanol–water partition coefficient (Wildman–Crippen LogP) is 4.83. The van der Waals surface area contributed by atoms with E-state index < -0.39 is 0 Å². The zero-order valence-corrected chi connectivity index (χ0v) is 15.4. The van der Waals surface area contributed by atoms with Crippen LogP contribution < -0.4 is 0 Å².